The summed E-state index contributed by atoms with van der Waals surface area (Å²) in [7, 11) is 0. The van der Waals surface area contributed by atoms with Gasteiger partial charge in [-0.3, -0.25) is 0 Å². The number of hydrogen-bond donors (Lipinski definition) is 2. The highest BCUT2D eigenvalue weighted by Crippen LogP contribution is 2.21. The highest BCUT2D eigenvalue weighted by Gasteiger charge is 2.16. The van der Waals surface area contributed by atoms with Crippen LogP contribution in [0.3, 0.4) is 0 Å². The maximum atomic E-state index is 8.09. The molecular weight excluding hydrogens is 208 g/mol. The van der Waals surface area contributed by atoms with Crippen LogP contribution >= 0.6 is 0 Å². The molecule has 0 aliphatic heterocycles. The molecule has 1 rings (SSSR count). The molecule has 1 fully saturated rings. The van der Waals surface area contributed by atoms with Gasteiger partial charge in [0, 0.05) is 6.61 Å². The van der Waals surface area contributed by atoms with Crippen LogP contribution in [0.15, 0.2) is 0 Å². The average molecular weight is 234 g/mol. The lowest BCUT2D eigenvalue weighted by atomic mass is 9.96. The van der Waals surface area contributed by atoms with Crippen molar-refractivity contribution in [3.63, 3.8) is 0 Å². The minimum atomic E-state index is 0.0278. The van der Waals surface area contributed by atoms with E-state index in [2.05, 4.69) is 11.7 Å². The molecule has 0 spiro atoms. The Bertz CT molecular complexity index is 122. The van der Waals surface area contributed by atoms with E-state index < -0.39 is 0 Å². The van der Waals surface area contributed by atoms with Crippen molar-refractivity contribution in [1.29, 1.82) is 0 Å². The summed E-state index contributed by atoms with van der Waals surface area (Å²) >= 11 is 0. The molecule has 0 aromatic heterocycles. The second kappa shape index (κ2) is 12.9. The SMILES string of the molecule is CCCCOC1CCC1.OCCOCCO. The first-order valence-corrected chi connectivity index (χ1v) is 6.26. The van der Waals surface area contributed by atoms with Gasteiger partial charge in [0.25, 0.3) is 0 Å². The molecule has 0 atom stereocenters. The van der Waals surface area contributed by atoms with Crippen molar-refractivity contribution >= 4 is 0 Å². The van der Waals surface area contributed by atoms with E-state index in [1.807, 2.05) is 0 Å². The Morgan fingerprint density at radius 2 is 1.69 bits per heavy atom. The van der Waals surface area contributed by atoms with E-state index in [0.29, 0.717) is 19.3 Å². The quantitative estimate of drug-likeness (QED) is 0.622. The molecule has 0 radical (unpaired) electrons. The Hall–Kier alpha value is -0.160. The van der Waals surface area contributed by atoms with Crippen molar-refractivity contribution in [2.45, 2.75) is 45.1 Å². The Balaban J connectivity index is 0.000000293. The highest BCUT2D eigenvalue weighted by molar-refractivity contribution is 4.68. The Labute approximate surface area is 98.6 Å². The van der Waals surface area contributed by atoms with Crippen molar-refractivity contribution in [2.24, 2.45) is 0 Å². The molecule has 98 valence electrons. The van der Waals surface area contributed by atoms with E-state index in [-0.39, 0.29) is 13.2 Å². The molecule has 4 nitrogen and oxygen atoms in total. The molecule has 1 aliphatic rings. The van der Waals surface area contributed by atoms with E-state index in [0.717, 1.165) is 6.61 Å². The Morgan fingerprint density at radius 3 is 2.06 bits per heavy atom. The molecule has 0 saturated heterocycles. The summed E-state index contributed by atoms with van der Waals surface area (Å²) < 4.78 is 10.2. The summed E-state index contributed by atoms with van der Waals surface area (Å²) in [6.07, 6.45) is 7.13. The summed E-state index contributed by atoms with van der Waals surface area (Å²) in [5.74, 6) is 0. The van der Waals surface area contributed by atoms with Crippen LogP contribution in [0.1, 0.15) is 39.0 Å². The van der Waals surface area contributed by atoms with Crippen LogP contribution in [-0.2, 0) is 9.47 Å². The van der Waals surface area contributed by atoms with Crippen LogP contribution < -0.4 is 0 Å². The Morgan fingerprint density at radius 1 is 1.06 bits per heavy atom. The van der Waals surface area contributed by atoms with Crippen molar-refractivity contribution in [1.82, 2.24) is 0 Å². The van der Waals surface area contributed by atoms with Gasteiger partial charge in [-0.2, -0.15) is 0 Å². The lowest BCUT2D eigenvalue weighted by Crippen LogP contribution is -2.21. The fourth-order valence-corrected chi connectivity index (χ4v) is 1.16. The largest absolute Gasteiger partial charge is 0.394 e. The van der Waals surface area contributed by atoms with E-state index in [1.54, 1.807) is 0 Å². The number of aliphatic hydroxyl groups excluding tert-OH is 2. The van der Waals surface area contributed by atoms with Gasteiger partial charge >= 0.3 is 0 Å². The van der Waals surface area contributed by atoms with Crippen LogP contribution in [-0.4, -0.2) is 49.4 Å². The summed E-state index contributed by atoms with van der Waals surface area (Å²) in [6, 6.07) is 0. The Kier molecular flexibility index (Phi) is 12.8. The molecule has 16 heavy (non-hydrogen) atoms. The predicted molar refractivity (Wildman–Crippen MR) is 63.5 cm³/mol. The van der Waals surface area contributed by atoms with Gasteiger partial charge in [-0.25, -0.2) is 0 Å². The molecule has 4 heteroatoms. The molecule has 2 N–H and O–H groups in total. The van der Waals surface area contributed by atoms with Gasteiger partial charge < -0.3 is 19.7 Å². The molecule has 0 amide bonds. The summed E-state index contributed by atoms with van der Waals surface area (Å²) in [6.45, 7) is 3.88. The van der Waals surface area contributed by atoms with Gasteiger partial charge in [-0.1, -0.05) is 13.3 Å². The van der Waals surface area contributed by atoms with E-state index in [4.69, 9.17) is 14.9 Å². The minimum Gasteiger partial charge on any atom is -0.394 e. The van der Waals surface area contributed by atoms with Crippen LogP contribution in [0.2, 0.25) is 0 Å². The highest BCUT2D eigenvalue weighted by atomic mass is 16.5. The van der Waals surface area contributed by atoms with Gasteiger partial charge in [-0.05, 0) is 25.7 Å². The average Bonchev–Trinajstić information content (AvgIpc) is 2.24. The first-order valence-electron chi connectivity index (χ1n) is 6.26. The molecule has 0 bridgehead atoms. The molecule has 0 heterocycles. The van der Waals surface area contributed by atoms with Crippen molar-refractivity contribution in [2.75, 3.05) is 33.0 Å². The van der Waals surface area contributed by atoms with Crippen molar-refractivity contribution in [3.8, 4) is 0 Å². The van der Waals surface area contributed by atoms with Gasteiger partial charge in [0.1, 0.15) is 0 Å². The normalized spacial score (nSPS) is 15.2. The van der Waals surface area contributed by atoms with Gasteiger partial charge in [0.2, 0.25) is 0 Å². The van der Waals surface area contributed by atoms with Crippen LogP contribution in [0.25, 0.3) is 0 Å². The zero-order valence-electron chi connectivity index (χ0n) is 10.4. The third-order valence-electron chi connectivity index (χ3n) is 2.37. The molecule has 1 aliphatic carbocycles. The number of hydrogen-bond acceptors (Lipinski definition) is 4. The first kappa shape index (κ1) is 15.8. The van der Waals surface area contributed by atoms with Crippen LogP contribution in [0.5, 0.6) is 0 Å². The maximum absolute atomic E-state index is 8.09. The van der Waals surface area contributed by atoms with Crippen molar-refractivity contribution < 1.29 is 19.7 Å². The maximum Gasteiger partial charge on any atom is 0.0698 e. The van der Waals surface area contributed by atoms with Crippen molar-refractivity contribution in [3.05, 3.63) is 0 Å². The number of ether oxygens (including phenoxy) is 2. The van der Waals surface area contributed by atoms with Crippen LogP contribution in [0.4, 0.5) is 0 Å². The fraction of sp³-hybridized carbons (Fsp3) is 1.00. The number of aliphatic hydroxyl groups is 2. The zero-order valence-corrected chi connectivity index (χ0v) is 10.4. The third-order valence-corrected chi connectivity index (χ3v) is 2.37. The smallest absolute Gasteiger partial charge is 0.0698 e. The van der Waals surface area contributed by atoms with Crippen LogP contribution in [0, 0.1) is 0 Å². The monoisotopic (exact) mass is 234 g/mol. The summed E-state index contributed by atoms with van der Waals surface area (Å²) in [5.41, 5.74) is 0. The summed E-state index contributed by atoms with van der Waals surface area (Å²) in [4.78, 5) is 0. The molecule has 1 saturated carbocycles. The predicted octanol–water partition coefficient (Wildman–Crippen LogP) is 1.34. The molecular formula is C12H26O4. The fourth-order valence-electron chi connectivity index (χ4n) is 1.16. The standard InChI is InChI=1S/C8H16O.C4H10O3/c1-2-3-7-9-8-5-4-6-8;5-1-3-7-4-2-6/h8H,2-7H2,1H3;5-6H,1-4H2. The van der Waals surface area contributed by atoms with Gasteiger partial charge in [0.05, 0.1) is 32.5 Å². The van der Waals surface area contributed by atoms with E-state index >= 15 is 0 Å². The second-order valence-corrected chi connectivity index (χ2v) is 3.84. The van der Waals surface area contributed by atoms with Gasteiger partial charge in [0.15, 0.2) is 0 Å². The third kappa shape index (κ3) is 10.4. The topological polar surface area (TPSA) is 58.9 Å². The first-order chi connectivity index (χ1) is 7.85. The number of rotatable bonds is 8. The molecule has 0 unspecified atom stereocenters. The van der Waals surface area contributed by atoms with E-state index in [1.165, 1.54) is 32.1 Å². The second-order valence-electron chi connectivity index (χ2n) is 3.84. The van der Waals surface area contributed by atoms with E-state index in [9.17, 15) is 0 Å². The lowest BCUT2D eigenvalue weighted by molar-refractivity contribution is 0.00117. The lowest BCUT2D eigenvalue weighted by Gasteiger charge is -2.25. The zero-order chi connectivity index (χ0) is 12.1. The molecule has 0 aromatic rings. The number of unbranched alkanes of at least 4 members (excludes halogenated alkanes) is 1. The minimum absolute atomic E-state index is 0.0278. The van der Waals surface area contributed by atoms with Gasteiger partial charge in [-0.15, -0.1) is 0 Å². The molecule has 0 aromatic carbocycles. The summed E-state index contributed by atoms with van der Waals surface area (Å²) in [5, 5.41) is 16.2.